The maximum atomic E-state index is 13.2. The van der Waals surface area contributed by atoms with Gasteiger partial charge in [-0.05, 0) is 29.8 Å². The minimum absolute atomic E-state index is 0.0929. The number of hydrogen-bond donors (Lipinski definition) is 0. The summed E-state index contributed by atoms with van der Waals surface area (Å²) in [6.45, 7) is 0. The Morgan fingerprint density at radius 1 is 1.00 bits per heavy atom. The van der Waals surface area contributed by atoms with Crippen LogP contribution in [0.3, 0.4) is 0 Å². The molecule has 0 amide bonds. The molecule has 2 aromatic carbocycles. The van der Waals surface area contributed by atoms with E-state index in [2.05, 4.69) is 9.97 Å². The highest BCUT2D eigenvalue weighted by molar-refractivity contribution is 6.06. The molecule has 21 heavy (non-hydrogen) atoms. The second-order valence-corrected chi connectivity index (χ2v) is 4.61. The lowest BCUT2D eigenvalue weighted by molar-refractivity contribution is 0.0994. The molecule has 0 aliphatic carbocycles. The van der Waals surface area contributed by atoms with Crippen LogP contribution in [0.1, 0.15) is 15.9 Å². The number of Topliss-reactive ketones (excluding diaryl/α,β-unsaturated/α-hetero) is 1. The van der Waals surface area contributed by atoms with Gasteiger partial charge in [-0.3, -0.25) is 14.8 Å². The minimum atomic E-state index is -0.699. The van der Waals surface area contributed by atoms with Gasteiger partial charge in [0.05, 0.1) is 11.0 Å². The number of fused-ring (bicyclic) bond motifs is 1. The first-order valence-electron chi connectivity index (χ1n) is 6.31. The largest absolute Gasteiger partial charge is 0.294 e. The van der Waals surface area contributed by atoms with Crippen molar-refractivity contribution < 1.29 is 13.6 Å². The van der Waals surface area contributed by atoms with E-state index in [1.165, 1.54) is 6.20 Å². The average molecular weight is 284 g/mol. The molecule has 0 saturated carbocycles. The second kappa shape index (κ2) is 5.36. The predicted molar refractivity (Wildman–Crippen MR) is 73.9 cm³/mol. The number of aromatic nitrogens is 2. The number of halogens is 2. The molecule has 0 unspecified atom stereocenters. The van der Waals surface area contributed by atoms with Crippen molar-refractivity contribution in [2.45, 2.75) is 6.42 Å². The first kappa shape index (κ1) is 13.3. The minimum Gasteiger partial charge on any atom is -0.294 e. The van der Waals surface area contributed by atoms with E-state index in [0.29, 0.717) is 22.2 Å². The molecule has 3 nitrogen and oxygen atoms in total. The number of hydrogen-bond acceptors (Lipinski definition) is 3. The smallest absolute Gasteiger partial charge is 0.169 e. The van der Waals surface area contributed by atoms with Crippen LogP contribution in [-0.4, -0.2) is 15.8 Å². The Morgan fingerprint density at radius 3 is 2.48 bits per heavy atom. The Balaban J connectivity index is 1.97. The first-order valence-corrected chi connectivity index (χ1v) is 6.31. The van der Waals surface area contributed by atoms with Gasteiger partial charge in [0.25, 0.3) is 0 Å². The van der Waals surface area contributed by atoms with Crippen LogP contribution < -0.4 is 0 Å². The first-order chi connectivity index (χ1) is 10.1. The molecule has 0 atom stereocenters. The van der Waals surface area contributed by atoms with Crippen LogP contribution in [0.4, 0.5) is 8.78 Å². The summed E-state index contributed by atoms with van der Waals surface area (Å²) in [5, 5.41) is 0. The number of ketones is 1. The quantitative estimate of drug-likeness (QED) is 0.693. The zero-order chi connectivity index (χ0) is 14.8. The lowest BCUT2D eigenvalue weighted by Gasteiger charge is -2.05. The van der Waals surface area contributed by atoms with E-state index in [0.717, 1.165) is 18.2 Å². The number of para-hydroxylation sites is 1. The van der Waals surface area contributed by atoms with Crippen LogP contribution in [0, 0.1) is 11.6 Å². The highest BCUT2D eigenvalue weighted by atomic mass is 19.1. The van der Waals surface area contributed by atoms with E-state index in [1.54, 1.807) is 24.4 Å². The fourth-order valence-electron chi connectivity index (χ4n) is 2.21. The van der Waals surface area contributed by atoms with Crippen molar-refractivity contribution >= 4 is 16.8 Å². The van der Waals surface area contributed by atoms with Crippen LogP contribution >= 0.6 is 0 Å². The molecule has 0 aliphatic heterocycles. The lowest BCUT2D eigenvalue weighted by Crippen LogP contribution is -2.06. The summed E-state index contributed by atoms with van der Waals surface area (Å²) >= 11 is 0. The molecule has 0 saturated heterocycles. The molecule has 0 aliphatic rings. The number of carbonyl (C=O) groups excluding carboxylic acids is 1. The topological polar surface area (TPSA) is 42.9 Å². The highest BCUT2D eigenvalue weighted by Crippen LogP contribution is 2.17. The summed E-state index contributed by atoms with van der Waals surface area (Å²) < 4.78 is 26.3. The van der Waals surface area contributed by atoms with Crippen LogP contribution in [-0.2, 0) is 6.42 Å². The molecule has 5 heteroatoms. The van der Waals surface area contributed by atoms with Crippen LogP contribution in [0.25, 0.3) is 11.0 Å². The Bertz CT molecular complexity index is 808. The zero-order valence-electron chi connectivity index (χ0n) is 10.9. The van der Waals surface area contributed by atoms with Gasteiger partial charge in [0.1, 0.15) is 11.6 Å². The van der Waals surface area contributed by atoms with E-state index in [9.17, 15) is 13.6 Å². The van der Waals surface area contributed by atoms with E-state index >= 15 is 0 Å². The van der Waals surface area contributed by atoms with Gasteiger partial charge >= 0.3 is 0 Å². The van der Waals surface area contributed by atoms with Gasteiger partial charge in [0.15, 0.2) is 5.78 Å². The maximum absolute atomic E-state index is 13.2. The predicted octanol–water partition coefficient (Wildman–Crippen LogP) is 3.33. The van der Waals surface area contributed by atoms with E-state index in [-0.39, 0.29) is 12.2 Å². The Hall–Kier alpha value is -2.69. The SMILES string of the molecule is O=C(Cc1cc(F)cc(F)c1)c1cccc2nccnc12. The molecule has 0 radical (unpaired) electrons. The van der Waals surface area contributed by atoms with E-state index in [1.807, 2.05) is 0 Å². The van der Waals surface area contributed by atoms with Crippen molar-refractivity contribution in [3.8, 4) is 0 Å². The van der Waals surface area contributed by atoms with Crippen molar-refractivity contribution in [3.05, 3.63) is 71.6 Å². The lowest BCUT2D eigenvalue weighted by atomic mass is 10.0. The Morgan fingerprint density at radius 2 is 1.71 bits per heavy atom. The fourth-order valence-corrected chi connectivity index (χ4v) is 2.21. The molecule has 1 aromatic heterocycles. The van der Waals surface area contributed by atoms with Crippen LogP contribution in [0.5, 0.6) is 0 Å². The van der Waals surface area contributed by atoms with Crippen LogP contribution in [0.15, 0.2) is 48.8 Å². The number of carbonyl (C=O) groups is 1. The van der Waals surface area contributed by atoms with Gasteiger partial charge in [-0.25, -0.2) is 8.78 Å². The van der Waals surface area contributed by atoms with Crippen molar-refractivity contribution in [2.24, 2.45) is 0 Å². The molecular weight excluding hydrogens is 274 g/mol. The molecule has 0 bridgehead atoms. The van der Waals surface area contributed by atoms with Crippen molar-refractivity contribution in [3.63, 3.8) is 0 Å². The van der Waals surface area contributed by atoms with Gasteiger partial charge in [-0.15, -0.1) is 0 Å². The van der Waals surface area contributed by atoms with Gasteiger partial charge < -0.3 is 0 Å². The van der Waals surface area contributed by atoms with Crippen molar-refractivity contribution in [2.75, 3.05) is 0 Å². The molecule has 0 fully saturated rings. The summed E-state index contributed by atoms with van der Waals surface area (Å²) in [4.78, 5) is 20.6. The molecular formula is C16H10F2N2O. The molecule has 3 aromatic rings. The Labute approximate surface area is 119 Å². The molecule has 0 spiro atoms. The van der Waals surface area contributed by atoms with Crippen molar-refractivity contribution in [1.29, 1.82) is 0 Å². The molecule has 104 valence electrons. The van der Waals surface area contributed by atoms with E-state index in [4.69, 9.17) is 0 Å². The number of benzene rings is 2. The Kier molecular flexibility index (Phi) is 3.39. The summed E-state index contributed by atoms with van der Waals surface area (Å²) in [5.41, 5.74) is 1.78. The summed E-state index contributed by atoms with van der Waals surface area (Å²) in [5.74, 6) is -1.66. The second-order valence-electron chi connectivity index (χ2n) is 4.61. The van der Waals surface area contributed by atoms with E-state index < -0.39 is 11.6 Å². The van der Waals surface area contributed by atoms with Crippen LogP contribution in [0.2, 0.25) is 0 Å². The fraction of sp³-hybridized carbons (Fsp3) is 0.0625. The average Bonchev–Trinajstić information content (AvgIpc) is 2.45. The normalized spacial score (nSPS) is 10.8. The monoisotopic (exact) mass is 284 g/mol. The maximum Gasteiger partial charge on any atom is 0.169 e. The third kappa shape index (κ3) is 2.76. The molecule has 0 N–H and O–H groups in total. The highest BCUT2D eigenvalue weighted by Gasteiger charge is 2.13. The van der Waals surface area contributed by atoms with Gasteiger partial charge in [0.2, 0.25) is 0 Å². The summed E-state index contributed by atoms with van der Waals surface area (Å²) in [6.07, 6.45) is 2.95. The van der Waals surface area contributed by atoms with Crippen molar-refractivity contribution in [1.82, 2.24) is 9.97 Å². The van der Waals surface area contributed by atoms with Gasteiger partial charge in [0, 0.05) is 30.4 Å². The van der Waals surface area contributed by atoms with Gasteiger partial charge in [-0.1, -0.05) is 6.07 Å². The number of rotatable bonds is 3. The summed E-state index contributed by atoms with van der Waals surface area (Å²) in [7, 11) is 0. The third-order valence-corrected chi connectivity index (χ3v) is 3.09. The zero-order valence-corrected chi connectivity index (χ0v) is 10.9. The standard InChI is InChI=1S/C16H10F2N2O/c17-11-6-10(7-12(18)9-11)8-15(21)13-2-1-3-14-16(13)20-5-4-19-14/h1-7,9H,8H2. The summed E-state index contributed by atoms with van der Waals surface area (Å²) in [6, 6.07) is 8.17. The third-order valence-electron chi connectivity index (χ3n) is 3.09. The number of nitrogens with zero attached hydrogens (tertiary/aromatic N) is 2. The molecule has 3 rings (SSSR count). The molecule has 1 heterocycles. The van der Waals surface area contributed by atoms with Gasteiger partial charge in [-0.2, -0.15) is 0 Å².